The van der Waals surface area contributed by atoms with Crippen molar-refractivity contribution in [3.63, 3.8) is 0 Å². The number of carboxylic acids is 4. The van der Waals surface area contributed by atoms with Crippen molar-refractivity contribution in [1.82, 2.24) is 16.0 Å². The molecule has 0 heterocycles. The summed E-state index contributed by atoms with van der Waals surface area (Å²) in [6.07, 6.45) is 0.251. The molecule has 0 aromatic heterocycles. The Morgan fingerprint density at radius 1 is 0.625 bits per heavy atom. The van der Waals surface area contributed by atoms with Gasteiger partial charge in [-0.2, -0.15) is 0 Å². The van der Waals surface area contributed by atoms with E-state index < -0.39 is 50.1 Å². The van der Waals surface area contributed by atoms with Crippen LogP contribution in [0, 0.1) is 0 Å². The van der Waals surface area contributed by atoms with E-state index in [1.54, 1.807) is 0 Å². The average molecular weight is 397 g/mol. The Hall–Kier alpha value is -1.76. The van der Waals surface area contributed by atoms with Crippen LogP contribution in [-0.2, 0) is 36.2 Å². The van der Waals surface area contributed by atoms with Crippen LogP contribution in [0.15, 0.2) is 0 Å². The van der Waals surface area contributed by atoms with Crippen molar-refractivity contribution in [3.05, 3.63) is 0 Å². The van der Waals surface area contributed by atoms with Gasteiger partial charge in [-0.1, -0.05) is 0 Å². The summed E-state index contributed by atoms with van der Waals surface area (Å²) in [4.78, 5) is 44.7. The molecule has 0 fully saturated rings. The van der Waals surface area contributed by atoms with Crippen molar-refractivity contribution in [3.8, 4) is 0 Å². The Labute approximate surface area is 148 Å². The molecule has 0 saturated heterocycles. The van der Waals surface area contributed by atoms with E-state index in [9.17, 15) is 19.2 Å². The minimum atomic E-state index is -1.18. The predicted octanol–water partition coefficient (Wildman–Crippen LogP) is -2.35. The standard InChI is InChI=1S/C11H18N2O8.Fe.H3N.H2O/c14-8(15)4-12(5-9(16)17)2-1-3-13(6-10(18)19)7-11(20)21;;;/h1-7H2,(H,14,15)(H,16,17)(H,18,19)(H,20,21);;1H3;1H2. The fourth-order valence-corrected chi connectivity index (χ4v) is 1.71. The Kier molecular flexibility index (Phi) is 20.2. The van der Waals surface area contributed by atoms with Crippen LogP contribution in [0.5, 0.6) is 0 Å². The van der Waals surface area contributed by atoms with Gasteiger partial charge >= 0.3 is 23.9 Å². The molecule has 0 radical (unpaired) electrons. The van der Waals surface area contributed by atoms with Crippen molar-refractivity contribution in [1.29, 1.82) is 0 Å². The van der Waals surface area contributed by atoms with Crippen molar-refractivity contribution in [2.75, 3.05) is 39.3 Å². The molecular weight excluding hydrogens is 374 g/mol. The molecule has 0 saturated carbocycles. The van der Waals surface area contributed by atoms with E-state index in [-0.39, 0.29) is 48.2 Å². The number of carbonyl (C=O) groups is 4. The second-order valence-electron chi connectivity index (χ2n) is 4.35. The minimum Gasteiger partial charge on any atom is -0.480 e. The molecule has 0 aliphatic rings. The summed E-state index contributed by atoms with van der Waals surface area (Å²) < 4.78 is 0. The van der Waals surface area contributed by atoms with E-state index in [2.05, 4.69) is 0 Å². The van der Waals surface area contributed by atoms with E-state index in [4.69, 9.17) is 20.4 Å². The van der Waals surface area contributed by atoms with Crippen LogP contribution in [0.25, 0.3) is 0 Å². The van der Waals surface area contributed by atoms with Gasteiger partial charge in [0.1, 0.15) is 0 Å². The SMILES string of the molecule is N.O.O=C(O)CN(CCCN(CC(=O)O)CC(=O)O)CC(=O)O.[Fe]. The molecular formula is C11H23FeN3O9. The molecule has 0 amide bonds. The van der Waals surface area contributed by atoms with Gasteiger partial charge in [0.2, 0.25) is 0 Å². The molecule has 0 bridgehead atoms. The summed E-state index contributed by atoms with van der Waals surface area (Å²) in [5.74, 6) is -4.71. The number of aliphatic carboxylic acids is 4. The maximum atomic E-state index is 10.6. The third-order valence-electron chi connectivity index (χ3n) is 2.38. The topological polar surface area (TPSA) is 222 Å². The number of nitrogens with zero attached hydrogens (tertiary/aromatic N) is 2. The van der Waals surface area contributed by atoms with Crippen molar-refractivity contribution in [2.45, 2.75) is 6.42 Å². The number of rotatable bonds is 12. The van der Waals surface area contributed by atoms with Crippen molar-refractivity contribution < 1.29 is 62.1 Å². The largest absolute Gasteiger partial charge is 0.480 e. The van der Waals surface area contributed by atoms with Crippen molar-refractivity contribution in [2.24, 2.45) is 0 Å². The van der Waals surface area contributed by atoms with Gasteiger partial charge in [-0.15, -0.1) is 0 Å². The first kappa shape index (κ1) is 30.2. The van der Waals surface area contributed by atoms with Crippen molar-refractivity contribution >= 4 is 23.9 Å². The zero-order valence-corrected chi connectivity index (χ0v) is 13.9. The molecule has 13 heteroatoms. The molecule has 0 atom stereocenters. The van der Waals surface area contributed by atoms with Crippen LogP contribution in [0.2, 0.25) is 0 Å². The Balaban J connectivity index is -0.000000667. The molecule has 0 aliphatic carbocycles. The molecule has 0 aromatic rings. The fourth-order valence-electron chi connectivity index (χ4n) is 1.71. The quantitative estimate of drug-likeness (QED) is 0.219. The van der Waals surface area contributed by atoms with Crippen LogP contribution >= 0.6 is 0 Å². The van der Waals surface area contributed by atoms with Crippen LogP contribution in [0.4, 0.5) is 0 Å². The summed E-state index contributed by atoms with van der Waals surface area (Å²) in [6.45, 7) is -1.61. The number of carboxylic acid groups (broad SMARTS) is 4. The molecule has 0 rings (SSSR count). The van der Waals surface area contributed by atoms with Gasteiger partial charge in [-0.05, 0) is 6.42 Å². The molecule has 0 aromatic carbocycles. The summed E-state index contributed by atoms with van der Waals surface area (Å²) in [5.41, 5.74) is 0. The first-order valence-corrected chi connectivity index (χ1v) is 6.02. The smallest absolute Gasteiger partial charge is 0.317 e. The zero-order valence-electron chi connectivity index (χ0n) is 12.8. The summed E-state index contributed by atoms with van der Waals surface area (Å²) in [5, 5.41) is 34.6. The molecule has 24 heavy (non-hydrogen) atoms. The fraction of sp³-hybridized carbons (Fsp3) is 0.636. The molecule has 9 N–H and O–H groups in total. The number of hydrogen-bond donors (Lipinski definition) is 5. The van der Waals surface area contributed by atoms with Gasteiger partial charge < -0.3 is 32.1 Å². The summed E-state index contributed by atoms with van der Waals surface area (Å²) in [6, 6.07) is 0. The van der Waals surface area contributed by atoms with E-state index >= 15 is 0 Å². The number of hydrogen-bond acceptors (Lipinski definition) is 7. The van der Waals surface area contributed by atoms with Gasteiger partial charge in [-0.3, -0.25) is 29.0 Å². The van der Waals surface area contributed by atoms with Gasteiger partial charge in [0.15, 0.2) is 0 Å². The second-order valence-corrected chi connectivity index (χ2v) is 4.35. The normalized spacial score (nSPS) is 9.42. The van der Waals surface area contributed by atoms with E-state index in [1.807, 2.05) is 0 Å². The summed E-state index contributed by atoms with van der Waals surface area (Å²) in [7, 11) is 0. The van der Waals surface area contributed by atoms with Gasteiger partial charge in [0.05, 0.1) is 26.2 Å². The predicted molar refractivity (Wildman–Crippen MR) is 76.7 cm³/mol. The molecule has 0 aliphatic heterocycles. The monoisotopic (exact) mass is 397 g/mol. The Morgan fingerprint density at radius 3 is 1.00 bits per heavy atom. The molecule has 12 nitrogen and oxygen atoms in total. The first-order chi connectivity index (χ1) is 9.70. The van der Waals surface area contributed by atoms with Crippen LogP contribution in [0.1, 0.15) is 6.42 Å². The average Bonchev–Trinajstić information content (AvgIpc) is 2.24. The van der Waals surface area contributed by atoms with Gasteiger partial charge in [0, 0.05) is 30.2 Å². The molecule has 0 spiro atoms. The second kappa shape index (κ2) is 16.1. The zero-order chi connectivity index (χ0) is 16.4. The Morgan fingerprint density at radius 2 is 0.833 bits per heavy atom. The van der Waals surface area contributed by atoms with E-state index in [0.717, 1.165) is 0 Å². The Bertz CT molecular complexity index is 340. The van der Waals surface area contributed by atoms with Crippen LogP contribution < -0.4 is 6.15 Å². The van der Waals surface area contributed by atoms with Gasteiger partial charge in [0.25, 0.3) is 0 Å². The maximum Gasteiger partial charge on any atom is 0.317 e. The molecule has 0 unspecified atom stereocenters. The first-order valence-electron chi connectivity index (χ1n) is 6.02. The third kappa shape index (κ3) is 18.3. The van der Waals surface area contributed by atoms with E-state index in [0.29, 0.717) is 0 Å². The minimum absolute atomic E-state index is 0. The van der Waals surface area contributed by atoms with Gasteiger partial charge in [-0.25, -0.2) is 0 Å². The summed E-state index contributed by atoms with van der Waals surface area (Å²) >= 11 is 0. The van der Waals surface area contributed by atoms with E-state index in [1.165, 1.54) is 9.80 Å². The van der Waals surface area contributed by atoms with Crippen LogP contribution in [-0.4, -0.2) is 98.8 Å². The maximum absolute atomic E-state index is 10.6. The van der Waals surface area contributed by atoms with Crippen LogP contribution in [0.3, 0.4) is 0 Å². The third-order valence-corrected chi connectivity index (χ3v) is 2.38. The molecule has 144 valence electrons.